The molecule has 0 saturated carbocycles. The fraction of sp³-hybridized carbons (Fsp3) is 0.421. The summed E-state index contributed by atoms with van der Waals surface area (Å²) in [4.78, 5) is 14.5. The van der Waals surface area contributed by atoms with Gasteiger partial charge in [-0.05, 0) is 53.9 Å². The van der Waals surface area contributed by atoms with Crippen molar-refractivity contribution in [3.05, 3.63) is 57.8 Å². The van der Waals surface area contributed by atoms with Gasteiger partial charge in [0.1, 0.15) is 0 Å². The summed E-state index contributed by atoms with van der Waals surface area (Å²) in [7, 11) is 0. The van der Waals surface area contributed by atoms with Gasteiger partial charge in [0, 0.05) is 31.7 Å². The highest BCUT2D eigenvalue weighted by molar-refractivity contribution is 7.07. The van der Waals surface area contributed by atoms with E-state index in [4.69, 9.17) is 4.74 Å². The molecule has 2 unspecified atom stereocenters. The van der Waals surface area contributed by atoms with Gasteiger partial charge in [0.25, 0.3) is 5.91 Å². The summed E-state index contributed by atoms with van der Waals surface area (Å²) >= 11 is 1.71. The van der Waals surface area contributed by atoms with Gasteiger partial charge in [-0.15, -0.1) is 0 Å². The first-order chi connectivity index (χ1) is 11.6. The highest BCUT2D eigenvalue weighted by atomic mass is 32.1. The number of hydrogen-bond donors (Lipinski definition) is 1. The van der Waals surface area contributed by atoms with Crippen LogP contribution < -0.4 is 5.32 Å². The number of nitrogens with zero attached hydrogens (tertiary/aromatic N) is 1. The van der Waals surface area contributed by atoms with Crippen LogP contribution in [0.4, 0.5) is 0 Å². The standard InChI is InChI=1S/C19H24N2O2S/c1-14-11-21(12-15(2)23-14)19(22)18-5-3-16(4-6-18)9-20-10-17-7-8-24-13-17/h3-8,13-15,20H,9-12H2,1-2H3. The Hall–Kier alpha value is -1.69. The summed E-state index contributed by atoms with van der Waals surface area (Å²) in [5.41, 5.74) is 3.24. The molecule has 1 amide bonds. The van der Waals surface area contributed by atoms with Gasteiger partial charge in [0.05, 0.1) is 12.2 Å². The SMILES string of the molecule is CC1CN(C(=O)c2ccc(CNCc3ccsc3)cc2)CC(C)O1. The molecule has 0 spiro atoms. The lowest BCUT2D eigenvalue weighted by Gasteiger charge is -2.35. The van der Waals surface area contributed by atoms with Crippen LogP contribution in [0, 0.1) is 0 Å². The largest absolute Gasteiger partial charge is 0.372 e. The van der Waals surface area contributed by atoms with Gasteiger partial charge in [-0.1, -0.05) is 12.1 Å². The Labute approximate surface area is 147 Å². The first kappa shape index (κ1) is 17.1. The lowest BCUT2D eigenvalue weighted by Crippen LogP contribution is -2.48. The van der Waals surface area contributed by atoms with Crippen molar-refractivity contribution < 1.29 is 9.53 Å². The molecule has 1 aliphatic heterocycles. The highest BCUT2D eigenvalue weighted by Crippen LogP contribution is 2.15. The smallest absolute Gasteiger partial charge is 0.254 e. The molecule has 2 atom stereocenters. The van der Waals surface area contributed by atoms with Gasteiger partial charge in [0.2, 0.25) is 0 Å². The molecule has 1 aromatic heterocycles. The molecule has 5 heteroatoms. The maximum Gasteiger partial charge on any atom is 0.254 e. The Morgan fingerprint density at radius 3 is 2.42 bits per heavy atom. The van der Waals surface area contributed by atoms with E-state index < -0.39 is 0 Å². The number of ether oxygens (including phenoxy) is 1. The number of thiophene rings is 1. The van der Waals surface area contributed by atoms with Crippen LogP contribution in [-0.2, 0) is 17.8 Å². The Bertz CT molecular complexity index is 645. The van der Waals surface area contributed by atoms with Crippen molar-refractivity contribution in [1.82, 2.24) is 10.2 Å². The number of amides is 1. The summed E-state index contributed by atoms with van der Waals surface area (Å²) in [6.07, 6.45) is 0.191. The minimum atomic E-state index is 0.0924. The average molecular weight is 344 g/mol. The van der Waals surface area contributed by atoms with Crippen LogP contribution in [-0.4, -0.2) is 36.1 Å². The number of nitrogens with one attached hydrogen (secondary N) is 1. The molecule has 2 aromatic rings. The Kier molecular flexibility index (Phi) is 5.66. The maximum absolute atomic E-state index is 12.6. The van der Waals surface area contributed by atoms with Crippen molar-refractivity contribution in [2.24, 2.45) is 0 Å². The van der Waals surface area contributed by atoms with E-state index in [1.165, 1.54) is 11.1 Å². The molecule has 4 nitrogen and oxygen atoms in total. The van der Waals surface area contributed by atoms with Crippen molar-refractivity contribution >= 4 is 17.2 Å². The van der Waals surface area contributed by atoms with E-state index in [-0.39, 0.29) is 18.1 Å². The highest BCUT2D eigenvalue weighted by Gasteiger charge is 2.26. The van der Waals surface area contributed by atoms with Gasteiger partial charge in [-0.25, -0.2) is 0 Å². The zero-order valence-electron chi connectivity index (χ0n) is 14.2. The predicted molar refractivity (Wildman–Crippen MR) is 97.2 cm³/mol. The Morgan fingerprint density at radius 2 is 1.79 bits per heavy atom. The van der Waals surface area contributed by atoms with Crippen LogP contribution >= 0.6 is 11.3 Å². The molecule has 1 aliphatic rings. The summed E-state index contributed by atoms with van der Waals surface area (Å²) in [6.45, 7) is 7.01. The van der Waals surface area contributed by atoms with Crippen LogP contribution in [0.25, 0.3) is 0 Å². The van der Waals surface area contributed by atoms with Crippen LogP contribution in [0.15, 0.2) is 41.1 Å². The second-order valence-electron chi connectivity index (χ2n) is 6.40. The lowest BCUT2D eigenvalue weighted by molar-refractivity contribution is -0.0586. The molecule has 24 heavy (non-hydrogen) atoms. The third-order valence-electron chi connectivity index (χ3n) is 4.15. The number of morpholine rings is 1. The predicted octanol–water partition coefficient (Wildman–Crippen LogP) is 3.29. The molecular formula is C19H24N2O2S. The number of carbonyl (C=O) groups excluding carboxylic acids is 1. The van der Waals surface area contributed by atoms with Crippen molar-refractivity contribution in [1.29, 1.82) is 0 Å². The fourth-order valence-corrected chi connectivity index (χ4v) is 3.70. The third kappa shape index (κ3) is 4.44. The summed E-state index contributed by atoms with van der Waals surface area (Å²) < 4.78 is 5.70. The molecule has 3 rings (SSSR count). The zero-order valence-corrected chi connectivity index (χ0v) is 15.0. The average Bonchev–Trinajstić information content (AvgIpc) is 3.07. The van der Waals surface area contributed by atoms with E-state index in [1.54, 1.807) is 11.3 Å². The van der Waals surface area contributed by atoms with Crippen molar-refractivity contribution in [3.8, 4) is 0 Å². The van der Waals surface area contributed by atoms with E-state index in [1.807, 2.05) is 43.0 Å². The topological polar surface area (TPSA) is 41.6 Å². The van der Waals surface area contributed by atoms with E-state index in [9.17, 15) is 4.79 Å². The van der Waals surface area contributed by atoms with Crippen LogP contribution in [0.2, 0.25) is 0 Å². The number of rotatable bonds is 5. The summed E-state index contributed by atoms with van der Waals surface area (Å²) in [6, 6.07) is 10.0. The van der Waals surface area contributed by atoms with Crippen LogP contribution in [0.1, 0.15) is 35.3 Å². The van der Waals surface area contributed by atoms with Gasteiger partial charge in [-0.2, -0.15) is 11.3 Å². The summed E-state index contributed by atoms with van der Waals surface area (Å²) in [5, 5.41) is 7.66. The lowest BCUT2D eigenvalue weighted by atomic mass is 10.1. The summed E-state index contributed by atoms with van der Waals surface area (Å²) in [5.74, 6) is 0.0924. The van der Waals surface area contributed by atoms with Gasteiger partial charge >= 0.3 is 0 Å². The Balaban J connectivity index is 1.54. The minimum absolute atomic E-state index is 0.0924. The molecule has 1 saturated heterocycles. The number of benzene rings is 1. The monoisotopic (exact) mass is 344 g/mol. The molecule has 2 heterocycles. The number of hydrogen-bond acceptors (Lipinski definition) is 4. The zero-order chi connectivity index (χ0) is 16.9. The van der Waals surface area contributed by atoms with E-state index >= 15 is 0 Å². The third-order valence-corrected chi connectivity index (χ3v) is 4.88. The van der Waals surface area contributed by atoms with Crippen molar-refractivity contribution in [2.45, 2.75) is 39.1 Å². The maximum atomic E-state index is 12.6. The van der Waals surface area contributed by atoms with Crippen LogP contribution in [0.3, 0.4) is 0 Å². The first-order valence-electron chi connectivity index (χ1n) is 8.37. The number of carbonyl (C=O) groups is 1. The molecule has 1 aromatic carbocycles. The Morgan fingerprint density at radius 1 is 1.12 bits per heavy atom. The van der Waals surface area contributed by atoms with Crippen LogP contribution in [0.5, 0.6) is 0 Å². The normalized spacial score (nSPS) is 21.0. The molecular weight excluding hydrogens is 320 g/mol. The molecule has 0 radical (unpaired) electrons. The van der Waals surface area contributed by atoms with Gasteiger partial charge < -0.3 is 15.0 Å². The molecule has 0 aliphatic carbocycles. The molecule has 128 valence electrons. The first-order valence-corrected chi connectivity index (χ1v) is 9.31. The fourth-order valence-electron chi connectivity index (χ4n) is 3.04. The van der Waals surface area contributed by atoms with E-state index in [2.05, 4.69) is 22.1 Å². The van der Waals surface area contributed by atoms with Crippen molar-refractivity contribution in [3.63, 3.8) is 0 Å². The molecule has 0 bridgehead atoms. The molecule has 1 fully saturated rings. The quantitative estimate of drug-likeness (QED) is 0.905. The second-order valence-corrected chi connectivity index (χ2v) is 7.18. The van der Waals surface area contributed by atoms with Crippen molar-refractivity contribution in [2.75, 3.05) is 13.1 Å². The van der Waals surface area contributed by atoms with E-state index in [0.29, 0.717) is 13.1 Å². The van der Waals surface area contributed by atoms with Gasteiger partial charge in [-0.3, -0.25) is 4.79 Å². The minimum Gasteiger partial charge on any atom is -0.372 e. The molecule has 1 N–H and O–H groups in total. The van der Waals surface area contributed by atoms with Gasteiger partial charge in [0.15, 0.2) is 0 Å². The second kappa shape index (κ2) is 7.92. The van der Waals surface area contributed by atoms with E-state index in [0.717, 1.165) is 18.7 Å².